The van der Waals surface area contributed by atoms with E-state index in [-0.39, 0.29) is 5.82 Å². The zero-order valence-corrected chi connectivity index (χ0v) is 11.2. The molecule has 90 valence electrons. The summed E-state index contributed by atoms with van der Waals surface area (Å²) < 4.78 is 19.4. The fourth-order valence-electron chi connectivity index (χ4n) is 1.51. The van der Waals surface area contributed by atoms with Crippen LogP contribution < -0.4 is 4.74 Å². The average Bonchev–Trinajstić information content (AvgIpc) is 2.34. The number of nitrogens with zero attached hydrogens (tertiary/aromatic N) is 1. The van der Waals surface area contributed by atoms with Crippen molar-refractivity contribution >= 4 is 15.9 Å². The summed E-state index contributed by atoms with van der Waals surface area (Å²) in [4.78, 5) is 0. The van der Waals surface area contributed by atoms with Gasteiger partial charge in [-0.25, -0.2) is 4.39 Å². The smallest absolute Gasteiger partial charge is 0.146 e. The highest BCUT2D eigenvalue weighted by atomic mass is 79.9. The van der Waals surface area contributed by atoms with Crippen molar-refractivity contribution in [3.63, 3.8) is 0 Å². The summed E-state index contributed by atoms with van der Waals surface area (Å²) in [5.74, 6) is 0.665. The van der Waals surface area contributed by atoms with E-state index in [1.54, 1.807) is 31.2 Å². The molecule has 2 rings (SSSR count). The summed E-state index contributed by atoms with van der Waals surface area (Å²) in [5.41, 5.74) is 0.917. The number of hydrogen-bond donors (Lipinski definition) is 0. The van der Waals surface area contributed by atoms with Gasteiger partial charge in [0.2, 0.25) is 0 Å². The fourth-order valence-corrected chi connectivity index (χ4v) is 1.94. The van der Waals surface area contributed by atoms with Gasteiger partial charge < -0.3 is 4.74 Å². The zero-order valence-electron chi connectivity index (χ0n) is 9.58. The van der Waals surface area contributed by atoms with E-state index in [0.717, 1.165) is 0 Å². The summed E-state index contributed by atoms with van der Waals surface area (Å²) in [6.45, 7) is 1.66. The Morgan fingerprint density at radius 2 is 2.06 bits per heavy atom. The molecule has 0 heterocycles. The summed E-state index contributed by atoms with van der Waals surface area (Å²) in [5, 5.41) is 9.06. The number of rotatable bonds is 2. The maximum Gasteiger partial charge on any atom is 0.146 e. The quantitative estimate of drug-likeness (QED) is 0.815. The zero-order chi connectivity index (χ0) is 13.1. The molecule has 0 saturated heterocycles. The Morgan fingerprint density at radius 3 is 2.72 bits per heavy atom. The van der Waals surface area contributed by atoms with Crippen LogP contribution in [0.25, 0.3) is 0 Å². The van der Waals surface area contributed by atoms with Crippen LogP contribution in [0.4, 0.5) is 4.39 Å². The van der Waals surface area contributed by atoms with Gasteiger partial charge in [0, 0.05) is 4.47 Å². The molecule has 0 aromatic heterocycles. The van der Waals surface area contributed by atoms with Crippen LogP contribution in [0.3, 0.4) is 0 Å². The van der Waals surface area contributed by atoms with Gasteiger partial charge in [-0.1, -0.05) is 6.07 Å². The molecule has 18 heavy (non-hydrogen) atoms. The Labute approximate surface area is 113 Å². The molecular formula is C14H9BrFNO. The molecule has 0 bridgehead atoms. The fraction of sp³-hybridized carbons (Fsp3) is 0.0714. The number of nitriles is 1. The molecule has 0 spiro atoms. The van der Waals surface area contributed by atoms with Crippen LogP contribution in [-0.4, -0.2) is 0 Å². The second-order valence-electron chi connectivity index (χ2n) is 3.74. The summed E-state index contributed by atoms with van der Waals surface area (Å²) in [6.07, 6.45) is 0. The molecule has 0 saturated carbocycles. The summed E-state index contributed by atoms with van der Waals surface area (Å²) >= 11 is 3.28. The van der Waals surface area contributed by atoms with Gasteiger partial charge in [-0.15, -0.1) is 0 Å². The van der Waals surface area contributed by atoms with Gasteiger partial charge in [-0.05, 0) is 58.7 Å². The molecule has 2 aromatic carbocycles. The van der Waals surface area contributed by atoms with Crippen LogP contribution in [-0.2, 0) is 0 Å². The molecule has 0 radical (unpaired) electrons. The SMILES string of the molecule is Cc1cc(Oc2cccc(Br)c2C#N)ccc1F. The Hall–Kier alpha value is -1.86. The van der Waals surface area contributed by atoms with Crippen LogP contribution in [0.2, 0.25) is 0 Å². The molecule has 0 aliphatic rings. The van der Waals surface area contributed by atoms with Crippen LogP contribution in [0.5, 0.6) is 11.5 Å². The van der Waals surface area contributed by atoms with Crippen molar-refractivity contribution in [2.75, 3.05) is 0 Å². The number of halogens is 2. The van der Waals surface area contributed by atoms with E-state index in [0.29, 0.717) is 27.1 Å². The lowest BCUT2D eigenvalue weighted by Gasteiger charge is -2.09. The molecular weight excluding hydrogens is 297 g/mol. The third kappa shape index (κ3) is 2.52. The predicted molar refractivity (Wildman–Crippen MR) is 70.1 cm³/mol. The first kappa shape index (κ1) is 12.6. The average molecular weight is 306 g/mol. The molecule has 2 aromatic rings. The third-order valence-electron chi connectivity index (χ3n) is 2.44. The topological polar surface area (TPSA) is 33.0 Å². The van der Waals surface area contributed by atoms with Gasteiger partial charge in [0.25, 0.3) is 0 Å². The molecule has 0 atom stereocenters. The van der Waals surface area contributed by atoms with E-state index in [2.05, 4.69) is 22.0 Å². The van der Waals surface area contributed by atoms with Crippen molar-refractivity contribution in [1.82, 2.24) is 0 Å². The highest BCUT2D eigenvalue weighted by molar-refractivity contribution is 9.10. The molecule has 0 unspecified atom stereocenters. The largest absolute Gasteiger partial charge is 0.456 e. The lowest BCUT2D eigenvalue weighted by atomic mass is 10.2. The monoisotopic (exact) mass is 305 g/mol. The van der Waals surface area contributed by atoms with E-state index in [9.17, 15) is 4.39 Å². The number of hydrogen-bond acceptors (Lipinski definition) is 2. The third-order valence-corrected chi connectivity index (χ3v) is 3.11. The highest BCUT2D eigenvalue weighted by Crippen LogP contribution is 2.30. The van der Waals surface area contributed by atoms with E-state index < -0.39 is 0 Å². The van der Waals surface area contributed by atoms with Crippen LogP contribution in [0.15, 0.2) is 40.9 Å². The van der Waals surface area contributed by atoms with Crippen LogP contribution in [0.1, 0.15) is 11.1 Å². The number of ether oxygens (including phenoxy) is 1. The van der Waals surface area contributed by atoms with Crippen LogP contribution in [0, 0.1) is 24.1 Å². The van der Waals surface area contributed by atoms with Gasteiger partial charge in [0.1, 0.15) is 28.9 Å². The second-order valence-corrected chi connectivity index (χ2v) is 4.59. The molecule has 4 heteroatoms. The number of benzene rings is 2. The van der Waals surface area contributed by atoms with Gasteiger partial charge in [-0.3, -0.25) is 0 Å². The maximum atomic E-state index is 13.1. The molecule has 0 aliphatic heterocycles. The van der Waals surface area contributed by atoms with E-state index in [1.165, 1.54) is 12.1 Å². The second kappa shape index (κ2) is 5.19. The Morgan fingerprint density at radius 1 is 1.28 bits per heavy atom. The highest BCUT2D eigenvalue weighted by Gasteiger charge is 2.08. The molecule has 0 fully saturated rings. The van der Waals surface area contributed by atoms with Gasteiger partial charge in [-0.2, -0.15) is 5.26 Å². The van der Waals surface area contributed by atoms with Crippen molar-refractivity contribution in [3.8, 4) is 17.6 Å². The predicted octanol–water partition coefficient (Wildman–Crippen LogP) is 4.56. The minimum atomic E-state index is -0.280. The maximum absolute atomic E-state index is 13.1. The minimum Gasteiger partial charge on any atom is -0.456 e. The van der Waals surface area contributed by atoms with Crippen molar-refractivity contribution < 1.29 is 9.13 Å². The molecule has 0 N–H and O–H groups in total. The summed E-state index contributed by atoms with van der Waals surface area (Å²) in [7, 11) is 0. The Balaban J connectivity index is 2.37. The Kier molecular flexibility index (Phi) is 3.63. The first-order valence-corrected chi connectivity index (χ1v) is 6.03. The lowest BCUT2D eigenvalue weighted by Crippen LogP contribution is -1.91. The lowest BCUT2D eigenvalue weighted by molar-refractivity contribution is 0.478. The molecule has 0 aliphatic carbocycles. The van der Waals surface area contributed by atoms with E-state index in [1.807, 2.05) is 0 Å². The van der Waals surface area contributed by atoms with E-state index in [4.69, 9.17) is 10.00 Å². The van der Waals surface area contributed by atoms with Crippen molar-refractivity contribution in [2.24, 2.45) is 0 Å². The molecule has 2 nitrogen and oxygen atoms in total. The standard InChI is InChI=1S/C14H9BrFNO/c1-9-7-10(5-6-13(9)16)18-14-4-2-3-12(15)11(14)8-17/h2-7H,1H3. The van der Waals surface area contributed by atoms with Gasteiger partial charge >= 0.3 is 0 Å². The first-order chi connectivity index (χ1) is 8.61. The van der Waals surface area contributed by atoms with Crippen molar-refractivity contribution in [2.45, 2.75) is 6.92 Å². The van der Waals surface area contributed by atoms with Crippen LogP contribution >= 0.6 is 15.9 Å². The molecule has 0 amide bonds. The van der Waals surface area contributed by atoms with Gasteiger partial charge in [0.05, 0.1) is 0 Å². The number of aryl methyl sites for hydroxylation is 1. The minimum absolute atomic E-state index is 0.280. The Bertz CT molecular complexity index is 634. The van der Waals surface area contributed by atoms with Gasteiger partial charge in [0.15, 0.2) is 0 Å². The van der Waals surface area contributed by atoms with E-state index >= 15 is 0 Å². The van der Waals surface area contributed by atoms with Crippen molar-refractivity contribution in [1.29, 1.82) is 5.26 Å². The summed E-state index contributed by atoms with van der Waals surface area (Å²) in [6, 6.07) is 11.8. The first-order valence-electron chi connectivity index (χ1n) is 5.24. The van der Waals surface area contributed by atoms with Crippen molar-refractivity contribution in [3.05, 3.63) is 57.8 Å². The normalized spacial score (nSPS) is 9.89.